The van der Waals surface area contributed by atoms with Crippen molar-refractivity contribution in [2.24, 2.45) is 0 Å². The molecule has 1 atom stereocenters. The van der Waals surface area contributed by atoms with Gasteiger partial charge < -0.3 is 15.5 Å². The molecule has 6 nitrogen and oxygen atoms in total. The van der Waals surface area contributed by atoms with Gasteiger partial charge >= 0.3 is 0 Å². The number of fused-ring (bicyclic) bond motifs is 2. The van der Waals surface area contributed by atoms with Gasteiger partial charge in [0.05, 0.1) is 6.54 Å². The van der Waals surface area contributed by atoms with E-state index < -0.39 is 0 Å². The number of hydrogen-bond donors (Lipinski definition) is 3. The van der Waals surface area contributed by atoms with Crippen molar-refractivity contribution in [2.45, 2.75) is 12.1 Å². The summed E-state index contributed by atoms with van der Waals surface area (Å²) in [7, 11) is 0. The second-order valence-corrected chi connectivity index (χ2v) is 5.47. The first-order valence-electron chi connectivity index (χ1n) is 7.02. The van der Waals surface area contributed by atoms with Crippen LogP contribution in [0, 0.1) is 0 Å². The molecule has 1 spiro atoms. The molecule has 20 heavy (non-hydrogen) atoms. The van der Waals surface area contributed by atoms with Crippen LogP contribution in [-0.2, 0) is 0 Å². The summed E-state index contributed by atoms with van der Waals surface area (Å²) < 4.78 is 0. The van der Waals surface area contributed by atoms with Gasteiger partial charge in [-0.15, -0.1) is 0 Å². The second kappa shape index (κ2) is 4.57. The van der Waals surface area contributed by atoms with Crippen molar-refractivity contribution in [2.75, 3.05) is 31.5 Å². The third-order valence-electron chi connectivity index (χ3n) is 4.27. The van der Waals surface area contributed by atoms with E-state index in [9.17, 15) is 0 Å². The molecule has 0 radical (unpaired) electrons. The van der Waals surface area contributed by atoms with Crippen LogP contribution in [0.2, 0.25) is 0 Å². The molecule has 0 bridgehead atoms. The zero-order valence-electron chi connectivity index (χ0n) is 11.3. The van der Waals surface area contributed by atoms with E-state index in [1.165, 1.54) is 11.4 Å². The Morgan fingerprint density at radius 1 is 1.35 bits per heavy atom. The number of hydrogen-bond acceptors (Lipinski definition) is 6. The van der Waals surface area contributed by atoms with Crippen LogP contribution in [0.1, 0.15) is 6.42 Å². The first kappa shape index (κ1) is 11.9. The Morgan fingerprint density at radius 2 is 2.35 bits per heavy atom. The molecule has 0 aromatic carbocycles. The van der Waals surface area contributed by atoms with Gasteiger partial charge in [0.25, 0.3) is 0 Å². The van der Waals surface area contributed by atoms with Crippen molar-refractivity contribution in [3.63, 3.8) is 0 Å². The third-order valence-corrected chi connectivity index (χ3v) is 4.27. The predicted octanol–water partition coefficient (Wildman–Crippen LogP) is 0.265. The fraction of sp³-hybridized carbons (Fsp3) is 0.429. The molecule has 4 heterocycles. The number of nitrogens with one attached hydrogen (secondary N) is 3. The maximum Gasteiger partial charge on any atom is 0.133 e. The summed E-state index contributed by atoms with van der Waals surface area (Å²) in [5.41, 5.74) is 2.64. The summed E-state index contributed by atoms with van der Waals surface area (Å²) in [5.74, 6) is 0.842. The highest BCUT2D eigenvalue weighted by molar-refractivity contribution is 5.44. The Kier molecular flexibility index (Phi) is 2.71. The largest absolute Gasteiger partial charge is 0.348 e. The Hall–Kier alpha value is -1.92. The molecule has 1 aromatic heterocycles. The van der Waals surface area contributed by atoms with Gasteiger partial charge in [-0.1, -0.05) is 0 Å². The van der Waals surface area contributed by atoms with Gasteiger partial charge in [-0.3, -0.25) is 5.32 Å². The third kappa shape index (κ3) is 1.88. The summed E-state index contributed by atoms with van der Waals surface area (Å²) in [6.07, 6.45) is 8.81. The lowest BCUT2D eigenvalue weighted by molar-refractivity contribution is 0.173. The average Bonchev–Trinajstić information content (AvgIpc) is 3.10. The molecule has 3 N–H and O–H groups in total. The van der Waals surface area contributed by atoms with Crippen molar-refractivity contribution < 1.29 is 0 Å². The number of anilines is 1. The summed E-state index contributed by atoms with van der Waals surface area (Å²) in [5, 5.41) is 10.5. The summed E-state index contributed by atoms with van der Waals surface area (Å²) >= 11 is 0. The van der Waals surface area contributed by atoms with Crippen molar-refractivity contribution >= 4 is 5.82 Å². The van der Waals surface area contributed by atoms with Gasteiger partial charge in [-0.25, -0.2) is 9.97 Å². The molecule has 0 aliphatic carbocycles. The minimum Gasteiger partial charge on any atom is -0.348 e. The lowest BCUT2D eigenvalue weighted by Crippen LogP contribution is -2.53. The predicted molar refractivity (Wildman–Crippen MR) is 76.7 cm³/mol. The zero-order valence-corrected chi connectivity index (χ0v) is 11.3. The number of allylic oxidation sites excluding steroid dienone is 2. The molecule has 104 valence electrons. The van der Waals surface area contributed by atoms with Crippen molar-refractivity contribution in [3.8, 4) is 0 Å². The maximum atomic E-state index is 4.22. The van der Waals surface area contributed by atoms with E-state index in [2.05, 4.69) is 43.0 Å². The zero-order chi connectivity index (χ0) is 13.4. The lowest BCUT2D eigenvalue weighted by atomic mass is 10.1. The standard InChI is InChI=1S/C14H18N6/c1-2-12-7-18-14(4-6-15-9-14)20(12)8-11(1)19-13-3-5-16-10-17-13/h1-3,5,10,15,18H,4,6-9H2,(H,16,17,19). The Morgan fingerprint density at radius 3 is 3.15 bits per heavy atom. The Bertz CT molecular complexity index is 558. The smallest absolute Gasteiger partial charge is 0.133 e. The van der Waals surface area contributed by atoms with E-state index in [0.717, 1.165) is 38.4 Å². The topological polar surface area (TPSA) is 65.1 Å². The SMILES string of the molecule is C1=C(Nc2ccncn2)CN2C(=C1)CNC21CCNC1. The minimum absolute atomic E-state index is 0.0959. The lowest BCUT2D eigenvalue weighted by Gasteiger charge is -2.38. The minimum atomic E-state index is 0.0959. The van der Waals surface area contributed by atoms with Crippen LogP contribution < -0.4 is 16.0 Å². The van der Waals surface area contributed by atoms with E-state index in [4.69, 9.17) is 0 Å². The monoisotopic (exact) mass is 270 g/mol. The molecule has 6 heteroatoms. The second-order valence-electron chi connectivity index (χ2n) is 5.47. The van der Waals surface area contributed by atoms with E-state index in [-0.39, 0.29) is 5.66 Å². The number of rotatable bonds is 2. The molecule has 0 amide bonds. The van der Waals surface area contributed by atoms with Crippen molar-refractivity contribution in [1.29, 1.82) is 0 Å². The normalized spacial score (nSPS) is 28.3. The van der Waals surface area contributed by atoms with Crippen LogP contribution in [0.5, 0.6) is 0 Å². The molecule has 3 aliphatic rings. The van der Waals surface area contributed by atoms with E-state index in [0.29, 0.717) is 0 Å². The molecular formula is C14H18N6. The highest BCUT2D eigenvalue weighted by atomic mass is 15.4. The van der Waals surface area contributed by atoms with Gasteiger partial charge in [-0.2, -0.15) is 0 Å². The van der Waals surface area contributed by atoms with Crippen LogP contribution in [0.15, 0.2) is 42.1 Å². The van der Waals surface area contributed by atoms with Gasteiger partial charge in [0.15, 0.2) is 0 Å². The molecular weight excluding hydrogens is 252 g/mol. The van der Waals surface area contributed by atoms with E-state index >= 15 is 0 Å². The number of aromatic nitrogens is 2. The molecule has 4 rings (SSSR count). The van der Waals surface area contributed by atoms with E-state index in [1.54, 1.807) is 12.5 Å². The van der Waals surface area contributed by atoms with Gasteiger partial charge in [0, 0.05) is 30.7 Å². The van der Waals surface area contributed by atoms with Crippen molar-refractivity contribution in [3.05, 3.63) is 42.1 Å². The summed E-state index contributed by atoms with van der Waals surface area (Å²) in [4.78, 5) is 10.6. The van der Waals surface area contributed by atoms with Crippen LogP contribution in [0.4, 0.5) is 5.82 Å². The molecule has 0 saturated carbocycles. The maximum absolute atomic E-state index is 4.22. The summed E-state index contributed by atoms with van der Waals surface area (Å²) in [6, 6.07) is 1.88. The van der Waals surface area contributed by atoms with Crippen LogP contribution in [-0.4, -0.2) is 46.7 Å². The first-order chi connectivity index (χ1) is 9.86. The molecule has 2 saturated heterocycles. The fourth-order valence-corrected chi connectivity index (χ4v) is 3.21. The highest BCUT2D eigenvalue weighted by Crippen LogP contribution is 2.32. The summed E-state index contributed by atoms with van der Waals surface area (Å²) in [6.45, 7) is 3.93. The average molecular weight is 270 g/mol. The highest BCUT2D eigenvalue weighted by Gasteiger charge is 2.45. The van der Waals surface area contributed by atoms with E-state index in [1.807, 2.05) is 6.07 Å². The number of nitrogens with zero attached hydrogens (tertiary/aromatic N) is 3. The van der Waals surface area contributed by atoms with Crippen LogP contribution >= 0.6 is 0 Å². The molecule has 2 fully saturated rings. The quantitative estimate of drug-likeness (QED) is 0.717. The first-order valence-corrected chi connectivity index (χ1v) is 7.02. The molecule has 1 aromatic rings. The Balaban J connectivity index is 1.54. The van der Waals surface area contributed by atoms with Crippen molar-refractivity contribution in [1.82, 2.24) is 25.5 Å². The molecule has 1 unspecified atom stereocenters. The van der Waals surface area contributed by atoms with Crippen LogP contribution in [0.25, 0.3) is 0 Å². The molecule has 3 aliphatic heterocycles. The Labute approximate surface area is 118 Å². The fourth-order valence-electron chi connectivity index (χ4n) is 3.21. The van der Waals surface area contributed by atoms with Crippen LogP contribution in [0.3, 0.4) is 0 Å². The van der Waals surface area contributed by atoms with Gasteiger partial charge in [0.2, 0.25) is 0 Å². The van der Waals surface area contributed by atoms with Gasteiger partial charge in [0.1, 0.15) is 17.8 Å². The van der Waals surface area contributed by atoms with Gasteiger partial charge in [-0.05, 0) is 31.2 Å².